The standard InChI is InChI=1S/C19H25N3O3/c1-14(23)21-12-19(13-21)11-20(9-16-8-17(24)10-22(16)19)18(25)7-15-5-3-2-4-6-15/h2-6,16-17,24H,7-13H2,1H3/t16-,17-/m1/s1. The Bertz CT molecular complexity index is 672. The maximum absolute atomic E-state index is 12.8. The van der Waals surface area contributed by atoms with E-state index < -0.39 is 0 Å². The molecule has 1 N–H and O–H groups in total. The quantitative estimate of drug-likeness (QED) is 0.828. The van der Waals surface area contributed by atoms with Gasteiger partial charge in [-0.05, 0) is 12.0 Å². The van der Waals surface area contributed by atoms with E-state index in [2.05, 4.69) is 4.90 Å². The van der Waals surface area contributed by atoms with Gasteiger partial charge in [-0.1, -0.05) is 30.3 Å². The second-order valence-electron chi connectivity index (χ2n) is 7.73. The first kappa shape index (κ1) is 16.5. The van der Waals surface area contributed by atoms with Gasteiger partial charge in [-0.25, -0.2) is 0 Å². The van der Waals surface area contributed by atoms with Crippen LogP contribution in [0.25, 0.3) is 0 Å². The largest absolute Gasteiger partial charge is 0.392 e. The van der Waals surface area contributed by atoms with E-state index in [1.54, 1.807) is 6.92 Å². The lowest BCUT2D eigenvalue weighted by Gasteiger charge is -2.60. The van der Waals surface area contributed by atoms with Gasteiger partial charge < -0.3 is 14.9 Å². The zero-order chi connectivity index (χ0) is 17.6. The molecule has 134 valence electrons. The second-order valence-corrected chi connectivity index (χ2v) is 7.73. The first-order valence-corrected chi connectivity index (χ1v) is 8.99. The molecule has 3 fully saturated rings. The molecule has 0 bridgehead atoms. The highest BCUT2D eigenvalue weighted by molar-refractivity contribution is 5.79. The van der Waals surface area contributed by atoms with Crippen molar-refractivity contribution >= 4 is 11.8 Å². The topological polar surface area (TPSA) is 64.1 Å². The van der Waals surface area contributed by atoms with Crippen LogP contribution < -0.4 is 0 Å². The molecular formula is C19H25N3O3. The lowest BCUT2D eigenvalue weighted by Crippen LogP contribution is -2.79. The fraction of sp³-hybridized carbons (Fsp3) is 0.579. The van der Waals surface area contributed by atoms with Crippen LogP contribution in [0, 0.1) is 0 Å². The number of amides is 2. The molecule has 6 nitrogen and oxygen atoms in total. The Kier molecular flexibility index (Phi) is 4.04. The average Bonchev–Trinajstić information content (AvgIpc) is 2.92. The van der Waals surface area contributed by atoms with Crippen molar-refractivity contribution in [2.45, 2.75) is 37.5 Å². The van der Waals surface area contributed by atoms with Crippen LogP contribution in [-0.2, 0) is 16.0 Å². The SMILES string of the molecule is CC(=O)N1CC2(C1)CN(C(=O)Cc1ccccc1)C[C@H]1C[C@@H](O)CN12. The number of aliphatic hydroxyl groups excluding tert-OH is 1. The number of benzene rings is 1. The monoisotopic (exact) mass is 343 g/mol. The van der Waals surface area contributed by atoms with Crippen molar-refractivity contribution in [3.63, 3.8) is 0 Å². The summed E-state index contributed by atoms with van der Waals surface area (Å²) in [6, 6.07) is 10.00. The zero-order valence-corrected chi connectivity index (χ0v) is 14.6. The van der Waals surface area contributed by atoms with Crippen LogP contribution in [0.2, 0.25) is 0 Å². The van der Waals surface area contributed by atoms with Gasteiger partial charge >= 0.3 is 0 Å². The minimum atomic E-state index is -0.336. The summed E-state index contributed by atoms with van der Waals surface area (Å²) in [4.78, 5) is 30.6. The van der Waals surface area contributed by atoms with Gasteiger partial charge in [0.2, 0.25) is 11.8 Å². The number of carbonyl (C=O) groups excluding carboxylic acids is 2. The van der Waals surface area contributed by atoms with E-state index in [1.165, 1.54) is 0 Å². The number of hydrogen-bond donors (Lipinski definition) is 1. The predicted molar refractivity (Wildman–Crippen MR) is 92.8 cm³/mol. The third-order valence-electron chi connectivity index (χ3n) is 5.88. The van der Waals surface area contributed by atoms with Gasteiger partial charge in [-0.3, -0.25) is 14.5 Å². The van der Waals surface area contributed by atoms with Crippen molar-refractivity contribution < 1.29 is 14.7 Å². The Balaban J connectivity index is 1.51. The highest BCUT2D eigenvalue weighted by Gasteiger charge is 2.57. The maximum Gasteiger partial charge on any atom is 0.227 e. The summed E-state index contributed by atoms with van der Waals surface area (Å²) in [7, 11) is 0. The van der Waals surface area contributed by atoms with Crippen LogP contribution in [0.5, 0.6) is 0 Å². The van der Waals surface area contributed by atoms with Gasteiger partial charge in [0.15, 0.2) is 0 Å². The Morgan fingerprint density at radius 3 is 2.48 bits per heavy atom. The van der Waals surface area contributed by atoms with Crippen LogP contribution in [0.3, 0.4) is 0 Å². The number of nitrogens with zero attached hydrogens (tertiary/aromatic N) is 3. The molecule has 4 rings (SSSR count). The van der Waals surface area contributed by atoms with E-state index in [9.17, 15) is 14.7 Å². The summed E-state index contributed by atoms with van der Waals surface area (Å²) >= 11 is 0. The van der Waals surface area contributed by atoms with Gasteiger partial charge in [0.1, 0.15) is 0 Å². The maximum atomic E-state index is 12.8. The number of β-amino-alcohol motifs (C(OH)–C–C–N with tert-alkyl or cyclic N) is 1. The molecule has 0 aromatic heterocycles. The number of rotatable bonds is 2. The smallest absolute Gasteiger partial charge is 0.227 e. The minimum Gasteiger partial charge on any atom is -0.392 e. The van der Waals surface area contributed by atoms with Crippen LogP contribution >= 0.6 is 0 Å². The molecule has 1 spiro atoms. The Labute approximate surface area is 148 Å². The molecule has 25 heavy (non-hydrogen) atoms. The van der Waals surface area contributed by atoms with Gasteiger partial charge in [0, 0.05) is 45.7 Å². The first-order chi connectivity index (χ1) is 12.0. The third-order valence-corrected chi connectivity index (χ3v) is 5.88. The molecule has 0 radical (unpaired) electrons. The fourth-order valence-corrected chi connectivity index (χ4v) is 4.65. The zero-order valence-electron chi connectivity index (χ0n) is 14.6. The van der Waals surface area contributed by atoms with Gasteiger partial charge in [-0.2, -0.15) is 0 Å². The highest BCUT2D eigenvalue weighted by atomic mass is 16.3. The Hall–Kier alpha value is -1.92. The van der Waals surface area contributed by atoms with E-state index in [1.807, 2.05) is 40.1 Å². The fourth-order valence-electron chi connectivity index (χ4n) is 4.65. The molecule has 2 amide bonds. The predicted octanol–water partition coefficient (Wildman–Crippen LogP) is 0.107. The number of hydrogen-bond acceptors (Lipinski definition) is 4. The molecule has 3 heterocycles. The molecule has 3 saturated heterocycles. The lowest BCUT2D eigenvalue weighted by molar-refractivity contribution is -0.160. The number of fused-ring (bicyclic) bond motifs is 2. The van der Waals surface area contributed by atoms with Gasteiger partial charge in [0.05, 0.1) is 18.1 Å². The first-order valence-electron chi connectivity index (χ1n) is 8.99. The van der Waals surface area contributed by atoms with Gasteiger partial charge in [0.25, 0.3) is 0 Å². The van der Waals surface area contributed by atoms with Crippen LogP contribution in [0.4, 0.5) is 0 Å². The molecular weight excluding hydrogens is 318 g/mol. The van der Waals surface area contributed by atoms with Crippen molar-refractivity contribution in [1.82, 2.24) is 14.7 Å². The average molecular weight is 343 g/mol. The third kappa shape index (κ3) is 2.93. The van der Waals surface area contributed by atoms with Gasteiger partial charge in [-0.15, -0.1) is 0 Å². The van der Waals surface area contributed by atoms with Crippen LogP contribution in [0.15, 0.2) is 30.3 Å². The van der Waals surface area contributed by atoms with E-state index in [0.717, 1.165) is 5.56 Å². The highest BCUT2D eigenvalue weighted by Crippen LogP contribution is 2.39. The normalized spacial score (nSPS) is 27.9. The summed E-state index contributed by atoms with van der Waals surface area (Å²) in [5.41, 5.74) is 0.840. The minimum absolute atomic E-state index is 0.0784. The van der Waals surface area contributed by atoms with E-state index in [-0.39, 0.29) is 29.5 Å². The van der Waals surface area contributed by atoms with E-state index in [0.29, 0.717) is 45.6 Å². The summed E-state index contributed by atoms with van der Waals surface area (Å²) in [6.07, 6.45) is 0.775. The molecule has 3 aliphatic heterocycles. The Morgan fingerprint density at radius 1 is 1.12 bits per heavy atom. The van der Waals surface area contributed by atoms with Crippen LogP contribution in [0.1, 0.15) is 18.9 Å². The molecule has 0 aliphatic carbocycles. The summed E-state index contributed by atoms with van der Waals surface area (Å²) < 4.78 is 0. The molecule has 6 heteroatoms. The van der Waals surface area contributed by atoms with Crippen LogP contribution in [-0.4, -0.2) is 82.0 Å². The number of likely N-dealkylation sites (tertiary alicyclic amines) is 1. The van der Waals surface area contributed by atoms with E-state index in [4.69, 9.17) is 0 Å². The van der Waals surface area contributed by atoms with Crippen molar-refractivity contribution in [3.8, 4) is 0 Å². The molecule has 0 unspecified atom stereocenters. The summed E-state index contributed by atoms with van der Waals surface area (Å²) in [6.45, 7) is 4.86. The second kappa shape index (κ2) is 6.11. The molecule has 1 aromatic rings. The molecule has 1 aromatic carbocycles. The molecule has 3 aliphatic rings. The van der Waals surface area contributed by atoms with Crippen molar-refractivity contribution in [2.24, 2.45) is 0 Å². The number of aliphatic hydroxyl groups is 1. The summed E-state index contributed by atoms with van der Waals surface area (Å²) in [5.74, 6) is 0.211. The van der Waals surface area contributed by atoms with Crippen molar-refractivity contribution in [3.05, 3.63) is 35.9 Å². The molecule has 2 atom stereocenters. The Morgan fingerprint density at radius 2 is 1.80 bits per heavy atom. The van der Waals surface area contributed by atoms with Crippen molar-refractivity contribution in [1.29, 1.82) is 0 Å². The summed E-state index contributed by atoms with van der Waals surface area (Å²) in [5, 5.41) is 10.1. The lowest BCUT2D eigenvalue weighted by atomic mass is 9.83. The van der Waals surface area contributed by atoms with Crippen molar-refractivity contribution in [2.75, 3.05) is 32.7 Å². The number of piperazine rings is 1. The van der Waals surface area contributed by atoms with E-state index >= 15 is 0 Å². The number of carbonyl (C=O) groups is 2. The molecule has 0 saturated carbocycles.